The van der Waals surface area contributed by atoms with Gasteiger partial charge in [-0.05, 0) is 49.6 Å². The fourth-order valence-electron chi connectivity index (χ4n) is 4.71. The average Bonchev–Trinajstić information content (AvgIpc) is 3.12. The first-order chi connectivity index (χ1) is 19.1. The van der Waals surface area contributed by atoms with Crippen LogP contribution in [0.1, 0.15) is 48.2 Å². The highest BCUT2D eigenvalue weighted by Crippen LogP contribution is 2.30. The van der Waals surface area contributed by atoms with E-state index in [1.165, 1.54) is 17.0 Å². The van der Waals surface area contributed by atoms with Crippen LogP contribution in [0.3, 0.4) is 0 Å². The second kappa shape index (κ2) is 12.7. The first-order valence-corrected chi connectivity index (χ1v) is 14.9. The minimum absolute atomic E-state index is 0.0278. The number of halogens is 1. The first kappa shape index (κ1) is 29.3. The van der Waals surface area contributed by atoms with E-state index in [2.05, 4.69) is 5.32 Å². The molecule has 3 amide bonds. The molecule has 10 heteroatoms. The van der Waals surface area contributed by atoms with Crippen molar-refractivity contribution in [1.82, 2.24) is 14.5 Å². The zero-order chi connectivity index (χ0) is 28.9. The molecule has 1 aliphatic rings. The van der Waals surface area contributed by atoms with E-state index in [1.54, 1.807) is 30.3 Å². The molecule has 1 heterocycles. The molecule has 40 heavy (non-hydrogen) atoms. The van der Waals surface area contributed by atoms with Crippen LogP contribution >= 0.6 is 11.6 Å². The fourth-order valence-corrected chi connectivity index (χ4v) is 6.52. The van der Waals surface area contributed by atoms with Crippen LogP contribution in [0.2, 0.25) is 5.02 Å². The Morgan fingerprint density at radius 1 is 0.950 bits per heavy atom. The minimum atomic E-state index is -3.97. The summed E-state index contributed by atoms with van der Waals surface area (Å²) in [6.45, 7) is 3.64. The van der Waals surface area contributed by atoms with Crippen LogP contribution < -0.4 is 5.32 Å². The molecular formula is C30H32ClN3O5S. The molecule has 0 aliphatic carbocycles. The second-order valence-electron chi connectivity index (χ2n) is 9.96. The maximum absolute atomic E-state index is 13.8. The van der Waals surface area contributed by atoms with E-state index < -0.39 is 22.0 Å². The molecule has 4 rings (SSSR count). The molecule has 0 saturated carbocycles. The number of carbonyl (C=O) groups excluding carboxylic acids is 3. The molecule has 3 aromatic rings. The molecule has 1 atom stereocenters. The summed E-state index contributed by atoms with van der Waals surface area (Å²) in [5.74, 6) is -1.25. The van der Waals surface area contributed by atoms with E-state index in [0.29, 0.717) is 10.6 Å². The van der Waals surface area contributed by atoms with Gasteiger partial charge in [0.25, 0.3) is 15.9 Å². The van der Waals surface area contributed by atoms with Gasteiger partial charge in [-0.15, -0.1) is 0 Å². The van der Waals surface area contributed by atoms with Gasteiger partial charge in [0.15, 0.2) is 0 Å². The molecule has 0 fully saturated rings. The van der Waals surface area contributed by atoms with Crippen molar-refractivity contribution in [2.45, 2.75) is 56.6 Å². The quantitative estimate of drug-likeness (QED) is 0.361. The second-order valence-corrected chi connectivity index (χ2v) is 12.2. The summed E-state index contributed by atoms with van der Waals surface area (Å²) in [7, 11) is -3.97. The van der Waals surface area contributed by atoms with Crippen LogP contribution in [0.5, 0.6) is 0 Å². The molecular weight excluding hydrogens is 550 g/mol. The van der Waals surface area contributed by atoms with Crippen LogP contribution in [0.4, 0.5) is 0 Å². The third kappa shape index (κ3) is 6.54. The number of nitrogens with one attached hydrogen (secondary N) is 1. The predicted molar refractivity (Wildman–Crippen MR) is 153 cm³/mol. The fraction of sp³-hybridized carbons (Fsp3) is 0.300. The van der Waals surface area contributed by atoms with Gasteiger partial charge in [-0.3, -0.25) is 14.4 Å². The minimum Gasteiger partial charge on any atom is -0.352 e. The summed E-state index contributed by atoms with van der Waals surface area (Å²) < 4.78 is 26.7. The van der Waals surface area contributed by atoms with Crippen LogP contribution in [-0.2, 0) is 32.6 Å². The Kier molecular flexibility index (Phi) is 9.27. The molecule has 0 aromatic heterocycles. The molecule has 210 valence electrons. The first-order valence-electron chi connectivity index (χ1n) is 13.1. The van der Waals surface area contributed by atoms with Gasteiger partial charge in [0.1, 0.15) is 10.9 Å². The van der Waals surface area contributed by atoms with Crippen molar-refractivity contribution >= 4 is 39.3 Å². The standard InChI is InChI=1S/C30H32ClN3O5S/c1-21(2)32-29(36)26(19-22-11-4-3-5-12-22)33(20-23-13-6-8-15-25(23)31)28(35)17-10-18-34-30(37)24-14-7-9-16-27(24)40(34,38)39/h3-9,11-16,21,26H,10,17-20H2,1-2H3,(H,32,36). The molecule has 3 aromatic carbocycles. The molecule has 0 radical (unpaired) electrons. The highest BCUT2D eigenvalue weighted by molar-refractivity contribution is 7.90. The van der Waals surface area contributed by atoms with E-state index in [4.69, 9.17) is 11.6 Å². The van der Waals surface area contributed by atoms with Crippen molar-refractivity contribution in [3.63, 3.8) is 0 Å². The van der Waals surface area contributed by atoms with E-state index in [0.717, 1.165) is 9.87 Å². The van der Waals surface area contributed by atoms with E-state index in [1.807, 2.05) is 50.2 Å². The lowest BCUT2D eigenvalue weighted by Crippen LogP contribution is -2.51. The maximum Gasteiger partial charge on any atom is 0.269 e. The van der Waals surface area contributed by atoms with Crippen molar-refractivity contribution in [2.75, 3.05) is 6.54 Å². The number of carbonyl (C=O) groups is 3. The smallest absolute Gasteiger partial charge is 0.269 e. The lowest BCUT2D eigenvalue weighted by Gasteiger charge is -2.32. The summed E-state index contributed by atoms with van der Waals surface area (Å²) in [5, 5.41) is 3.40. The number of rotatable bonds is 11. The van der Waals surface area contributed by atoms with Gasteiger partial charge in [-0.25, -0.2) is 12.7 Å². The van der Waals surface area contributed by atoms with Gasteiger partial charge >= 0.3 is 0 Å². The van der Waals surface area contributed by atoms with Crippen molar-refractivity contribution in [2.24, 2.45) is 0 Å². The topological polar surface area (TPSA) is 104 Å². The van der Waals surface area contributed by atoms with Gasteiger partial charge in [0.2, 0.25) is 11.8 Å². The van der Waals surface area contributed by atoms with Crippen LogP contribution in [0, 0.1) is 0 Å². The summed E-state index contributed by atoms with van der Waals surface area (Å²) in [6, 6.07) is 21.6. The number of nitrogens with zero attached hydrogens (tertiary/aromatic N) is 2. The van der Waals surface area contributed by atoms with Gasteiger partial charge < -0.3 is 10.2 Å². The number of fused-ring (bicyclic) bond motifs is 1. The molecule has 0 saturated heterocycles. The lowest BCUT2D eigenvalue weighted by atomic mass is 10.0. The van der Waals surface area contributed by atoms with Gasteiger partial charge in [-0.2, -0.15) is 0 Å². The predicted octanol–water partition coefficient (Wildman–Crippen LogP) is 4.43. The molecule has 1 aliphatic heterocycles. The average molecular weight is 582 g/mol. The largest absolute Gasteiger partial charge is 0.352 e. The molecule has 1 N–H and O–H groups in total. The monoisotopic (exact) mass is 581 g/mol. The number of amides is 3. The Bertz CT molecular complexity index is 1490. The van der Waals surface area contributed by atoms with Crippen molar-refractivity contribution in [3.05, 3.63) is 101 Å². The van der Waals surface area contributed by atoms with Crippen molar-refractivity contribution in [1.29, 1.82) is 0 Å². The molecule has 0 bridgehead atoms. The highest BCUT2D eigenvalue weighted by Gasteiger charge is 2.40. The van der Waals surface area contributed by atoms with Crippen LogP contribution in [-0.4, -0.2) is 54.0 Å². The zero-order valence-corrected chi connectivity index (χ0v) is 24.0. The SMILES string of the molecule is CC(C)NC(=O)C(Cc1ccccc1)N(Cc1ccccc1Cl)C(=O)CCCN1C(=O)c2ccccc2S1(=O)=O. The molecule has 0 spiro atoms. The third-order valence-electron chi connectivity index (χ3n) is 6.66. The Balaban J connectivity index is 1.57. The number of sulfonamides is 1. The number of hydrogen-bond acceptors (Lipinski definition) is 5. The van der Waals surface area contributed by atoms with Crippen LogP contribution in [0.25, 0.3) is 0 Å². The summed E-state index contributed by atoms with van der Waals surface area (Å²) in [6.07, 6.45) is 0.310. The van der Waals surface area contributed by atoms with E-state index in [9.17, 15) is 22.8 Å². The van der Waals surface area contributed by atoms with Crippen molar-refractivity contribution in [3.8, 4) is 0 Å². The Labute approximate surface area is 240 Å². The zero-order valence-electron chi connectivity index (χ0n) is 22.4. The molecule has 1 unspecified atom stereocenters. The van der Waals surface area contributed by atoms with E-state index in [-0.39, 0.29) is 60.7 Å². The summed E-state index contributed by atoms with van der Waals surface area (Å²) >= 11 is 6.43. The summed E-state index contributed by atoms with van der Waals surface area (Å²) in [4.78, 5) is 41.5. The van der Waals surface area contributed by atoms with Crippen molar-refractivity contribution < 1.29 is 22.8 Å². The highest BCUT2D eigenvalue weighted by atomic mass is 35.5. The van der Waals surface area contributed by atoms with Gasteiger partial charge in [0, 0.05) is 37.0 Å². The Morgan fingerprint density at radius 2 is 1.60 bits per heavy atom. The lowest BCUT2D eigenvalue weighted by molar-refractivity contribution is -0.141. The third-order valence-corrected chi connectivity index (χ3v) is 8.87. The number of hydrogen-bond donors (Lipinski definition) is 1. The Morgan fingerprint density at radius 3 is 2.27 bits per heavy atom. The Hall–Kier alpha value is -3.69. The normalized spacial score (nSPS) is 14.6. The summed E-state index contributed by atoms with van der Waals surface area (Å²) in [5.41, 5.74) is 1.69. The van der Waals surface area contributed by atoms with E-state index >= 15 is 0 Å². The van der Waals surface area contributed by atoms with Crippen LogP contribution in [0.15, 0.2) is 83.8 Å². The van der Waals surface area contributed by atoms with Gasteiger partial charge in [-0.1, -0.05) is 72.3 Å². The maximum atomic E-state index is 13.8. The number of benzene rings is 3. The van der Waals surface area contributed by atoms with Gasteiger partial charge in [0.05, 0.1) is 5.56 Å². The molecule has 8 nitrogen and oxygen atoms in total.